The molecule has 1 saturated heterocycles. The molecule has 2 heterocycles. The molecule has 0 spiro atoms. The minimum Gasteiger partial charge on any atom is -0.469 e. The van der Waals surface area contributed by atoms with E-state index < -0.39 is 11.5 Å². The minimum absolute atomic E-state index is 0.0130. The number of rotatable bonds is 9. The lowest BCUT2D eigenvalue weighted by atomic mass is 9.81. The van der Waals surface area contributed by atoms with Crippen LogP contribution in [0, 0.1) is 17.8 Å². The van der Waals surface area contributed by atoms with Crippen molar-refractivity contribution < 1.29 is 19.1 Å². The molecule has 0 bridgehead atoms. The van der Waals surface area contributed by atoms with Gasteiger partial charge in [0.25, 0.3) is 0 Å². The Kier molecular flexibility index (Phi) is 8.56. The molecule has 36 heavy (non-hydrogen) atoms. The molecule has 0 radical (unpaired) electrons. The molecule has 3 rings (SSSR count). The predicted octanol–water partition coefficient (Wildman–Crippen LogP) is 3.36. The second kappa shape index (κ2) is 11.1. The smallest absolute Gasteiger partial charge is 0.314 e. The van der Waals surface area contributed by atoms with Gasteiger partial charge in [0.2, 0.25) is 5.91 Å². The number of methoxy groups -OCH3 is 1. The normalized spacial score (nSPS) is 17.7. The standard InChI is InChI=1S/C27H41N5O4/c1-9-32-14-22(28-29-32)16-36-24(27(5,6)25(34)35-8)20-11-10-19(2)21(12-20)13-31-15-23(33)30(7)17-26(3,4)18-31/h10-12,14,24H,9,13,15-18H2,1-8H3. The highest BCUT2D eigenvalue weighted by Crippen LogP contribution is 2.39. The van der Waals surface area contributed by atoms with Crippen molar-refractivity contribution in [3.05, 3.63) is 46.8 Å². The van der Waals surface area contributed by atoms with Crippen LogP contribution in [0.4, 0.5) is 0 Å². The number of carbonyl (C=O) groups is 2. The van der Waals surface area contributed by atoms with Crippen LogP contribution < -0.4 is 0 Å². The van der Waals surface area contributed by atoms with Gasteiger partial charge in [0, 0.05) is 33.2 Å². The second-order valence-corrected chi connectivity index (χ2v) is 11.2. The Labute approximate surface area is 214 Å². The molecule has 1 fully saturated rings. The topological polar surface area (TPSA) is 89.8 Å². The number of esters is 1. The van der Waals surface area contributed by atoms with Gasteiger partial charge >= 0.3 is 5.97 Å². The zero-order chi connectivity index (χ0) is 26.7. The molecular formula is C27H41N5O4. The Bertz CT molecular complexity index is 1080. The van der Waals surface area contributed by atoms with Gasteiger partial charge in [0.15, 0.2) is 0 Å². The summed E-state index contributed by atoms with van der Waals surface area (Å²) in [4.78, 5) is 29.4. The Morgan fingerprint density at radius 1 is 1.25 bits per heavy atom. The number of benzene rings is 1. The Balaban J connectivity index is 1.90. The summed E-state index contributed by atoms with van der Waals surface area (Å²) in [5, 5.41) is 8.25. The lowest BCUT2D eigenvalue weighted by Crippen LogP contribution is -2.35. The number of hydrogen-bond donors (Lipinski definition) is 0. The summed E-state index contributed by atoms with van der Waals surface area (Å²) < 4.78 is 13.2. The average molecular weight is 500 g/mol. The molecule has 1 aliphatic rings. The minimum atomic E-state index is -0.939. The van der Waals surface area contributed by atoms with Crippen molar-refractivity contribution in [2.24, 2.45) is 10.8 Å². The first-order valence-corrected chi connectivity index (χ1v) is 12.5. The van der Waals surface area contributed by atoms with E-state index in [9.17, 15) is 9.59 Å². The number of amides is 1. The molecule has 198 valence electrons. The number of ether oxygens (including phenoxy) is 2. The third-order valence-electron chi connectivity index (χ3n) is 6.85. The molecule has 1 unspecified atom stereocenters. The van der Waals surface area contributed by atoms with Gasteiger partial charge in [-0.25, -0.2) is 0 Å². The summed E-state index contributed by atoms with van der Waals surface area (Å²) in [6.45, 7) is 15.6. The van der Waals surface area contributed by atoms with E-state index in [0.29, 0.717) is 18.8 Å². The molecular weight excluding hydrogens is 458 g/mol. The van der Waals surface area contributed by atoms with E-state index >= 15 is 0 Å². The first-order chi connectivity index (χ1) is 16.9. The average Bonchev–Trinajstić information content (AvgIpc) is 3.24. The van der Waals surface area contributed by atoms with Crippen molar-refractivity contribution in [1.29, 1.82) is 0 Å². The molecule has 0 saturated carbocycles. The summed E-state index contributed by atoms with van der Waals surface area (Å²) in [5.74, 6) is -0.225. The van der Waals surface area contributed by atoms with E-state index in [-0.39, 0.29) is 23.9 Å². The van der Waals surface area contributed by atoms with E-state index in [4.69, 9.17) is 9.47 Å². The molecule has 9 heteroatoms. The number of aromatic nitrogens is 3. The summed E-state index contributed by atoms with van der Waals surface area (Å²) >= 11 is 0. The van der Waals surface area contributed by atoms with Crippen molar-refractivity contribution in [1.82, 2.24) is 24.8 Å². The van der Waals surface area contributed by atoms with Gasteiger partial charge in [-0.1, -0.05) is 37.3 Å². The van der Waals surface area contributed by atoms with Crippen LogP contribution in [-0.2, 0) is 38.8 Å². The molecule has 9 nitrogen and oxygen atoms in total. The van der Waals surface area contributed by atoms with Crippen molar-refractivity contribution in [2.45, 2.75) is 67.3 Å². The summed E-state index contributed by atoms with van der Waals surface area (Å²) in [7, 11) is 3.26. The number of hydrogen-bond acceptors (Lipinski definition) is 7. The van der Waals surface area contributed by atoms with Crippen molar-refractivity contribution in [3.8, 4) is 0 Å². The fourth-order valence-corrected chi connectivity index (χ4v) is 4.95. The first kappa shape index (κ1) is 27.8. The van der Waals surface area contributed by atoms with Crippen LogP contribution in [0.2, 0.25) is 0 Å². The van der Waals surface area contributed by atoms with Gasteiger partial charge < -0.3 is 14.4 Å². The van der Waals surface area contributed by atoms with Crippen molar-refractivity contribution in [2.75, 3.05) is 33.8 Å². The van der Waals surface area contributed by atoms with E-state index in [1.165, 1.54) is 7.11 Å². The quantitative estimate of drug-likeness (QED) is 0.489. The number of nitrogens with zero attached hydrogens (tertiary/aromatic N) is 5. The Morgan fingerprint density at radius 3 is 2.61 bits per heavy atom. The van der Waals surface area contributed by atoms with Gasteiger partial charge in [0.05, 0.1) is 38.0 Å². The van der Waals surface area contributed by atoms with Crippen LogP contribution in [0.25, 0.3) is 0 Å². The molecule has 1 aliphatic heterocycles. The largest absolute Gasteiger partial charge is 0.469 e. The Hall–Kier alpha value is -2.78. The van der Waals surface area contributed by atoms with Crippen LogP contribution >= 0.6 is 0 Å². The highest BCUT2D eigenvalue weighted by Gasteiger charge is 2.40. The molecule has 1 aromatic heterocycles. The van der Waals surface area contributed by atoms with Gasteiger partial charge in [-0.05, 0) is 49.8 Å². The highest BCUT2D eigenvalue weighted by molar-refractivity contribution is 5.78. The van der Waals surface area contributed by atoms with Gasteiger partial charge in [0.1, 0.15) is 5.69 Å². The summed E-state index contributed by atoms with van der Waals surface area (Å²) in [6, 6.07) is 6.15. The first-order valence-electron chi connectivity index (χ1n) is 12.5. The van der Waals surface area contributed by atoms with Crippen molar-refractivity contribution >= 4 is 11.9 Å². The molecule has 2 aromatic rings. The van der Waals surface area contributed by atoms with E-state index in [2.05, 4.69) is 48.1 Å². The van der Waals surface area contributed by atoms with E-state index in [0.717, 1.165) is 36.3 Å². The van der Waals surface area contributed by atoms with Crippen LogP contribution in [0.1, 0.15) is 63.1 Å². The molecule has 1 amide bonds. The highest BCUT2D eigenvalue weighted by atomic mass is 16.5. The Morgan fingerprint density at radius 2 is 1.97 bits per heavy atom. The van der Waals surface area contributed by atoms with Crippen molar-refractivity contribution in [3.63, 3.8) is 0 Å². The number of aryl methyl sites for hydroxylation is 2. The van der Waals surface area contributed by atoms with Gasteiger partial charge in [-0.15, -0.1) is 5.10 Å². The zero-order valence-electron chi connectivity index (χ0n) is 23.0. The SMILES string of the molecule is CCn1cc(COC(c2ccc(C)c(CN3CC(=O)N(C)CC(C)(C)C3)c2)C(C)(C)C(=O)OC)nn1. The molecule has 1 aromatic carbocycles. The maximum atomic E-state index is 12.8. The third-order valence-corrected chi connectivity index (χ3v) is 6.85. The van der Waals surface area contributed by atoms with Gasteiger partial charge in [-0.2, -0.15) is 0 Å². The maximum absolute atomic E-state index is 12.8. The zero-order valence-corrected chi connectivity index (χ0v) is 23.0. The van der Waals surface area contributed by atoms with Crippen LogP contribution in [0.3, 0.4) is 0 Å². The predicted molar refractivity (Wildman–Crippen MR) is 137 cm³/mol. The number of likely N-dealkylation sites (N-methyl/N-ethyl adjacent to an activating group) is 1. The molecule has 0 aliphatic carbocycles. The van der Waals surface area contributed by atoms with Crippen LogP contribution in [0.15, 0.2) is 24.4 Å². The monoisotopic (exact) mass is 499 g/mol. The maximum Gasteiger partial charge on any atom is 0.314 e. The summed E-state index contributed by atoms with van der Waals surface area (Å²) in [6.07, 6.45) is 1.28. The third kappa shape index (κ3) is 6.50. The van der Waals surface area contributed by atoms with E-state index in [1.54, 1.807) is 4.68 Å². The van der Waals surface area contributed by atoms with Crippen LogP contribution in [-0.4, -0.2) is 70.5 Å². The molecule has 0 N–H and O–H groups in total. The lowest BCUT2D eigenvalue weighted by molar-refractivity contribution is -0.162. The fourth-order valence-electron chi connectivity index (χ4n) is 4.95. The molecule has 1 atom stereocenters. The van der Waals surface area contributed by atoms with Gasteiger partial charge in [-0.3, -0.25) is 19.2 Å². The fraction of sp³-hybridized carbons (Fsp3) is 0.630. The number of carbonyl (C=O) groups excluding carboxylic acids is 2. The summed E-state index contributed by atoms with van der Waals surface area (Å²) in [5.41, 5.74) is 2.86. The van der Waals surface area contributed by atoms with E-state index in [1.807, 2.05) is 45.0 Å². The van der Waals surface area contributed by atoms with Crippen LogP contribution in [0.5, 0.6) is 0 Å². The second-order valence-electron chi connectivity index (χ2n) is 11.2. The lowest BCUT2D eigenvalue weighted by Gasteiger charge is -2.33.